The van der Waals surface area contributed by atoms with Crippen LogP contribution < -0.4 is 5.32 Å². The molecular weight excluding hydrogens is 347 g/mol. The van der Waals surface area contributed by atoms with Crippen molar-refractivity contribution in [1.29, 1.82) is 0 Å². The first-order valence-electron chi connectivity index (χ1n) is 7.69. The summed E-state index contributed by atoms with van der Waals surface area (Å²) < 4.78 is 44.8. The molecule has 3 aromatic rings. The van der Waals surface area contributed by atoms with Gasteiger partial charge in [-0.1, -0.05) is 18.2 Å². The third-order valence-electron chi connectivity index (χ3n) is 3.81. The molecule has 1 aromatic carbocycles. The van der Waals surface area contributed by atoms with Crippen molar-refractivity contribution in [2.75, 3.05) is 0 Å². The number of pyridine rings is 1. The third-order valence-corrected chi connectivity index (χ3v) is 3.81. The van der Waals surface area contributed by atoms with Crippen molar-refractivity contribution >= 4 is 5.91 Å². The van der Waals surface area contributed by atoms with E-state index in [1.54, 1.807) is 31.5 Å². The number of nitrogens with one attached hydrogen (secondary N) is 1. The molecule has 0 saturated heterocycles. The minimum absolute atomic E-state index is 0.206. The molecule has 2 heterocycles. The van der Waals surface area contributed by atoms with Crippen LogP contribution in [0.15, 0.2) is 59.6 Å². The van der Waals surface area contributed by atoms with Crippen LogP contribution in [0.2, 0.25) is 0 Å². The highest BCUT2D eigenvalue weighted by atomic mass is 19.4. The summed E-state index contributed by atoms with van der Waals surface area (Å²) in [6.07, 6.45) is -0.464. The minimum Gasteiger partial charge on any atom is -0.443 e. The summed E-state index contributed by atoms with van der Waals surface area (Å²) in [5.41, 5.74) is -0.538. The second-order valence-electron chi connectivity index (χ2n) is 5.55. The number of amides is 1. The highest BCUT2D eigenvalue weighted by Gasteiger charge is 2.35. The van der Waals surface area contributed by atoms with Crippen molar-refractivity contribution in [1.82, 2.24) is 15.3 Å². The highest BCUT2D eigenvalue weighted by molar-refractivity contribution is 5.98. The van der Waals surface area contributed by atoms with E-state index in [1.165, 1.54) is 18.2 Å². The van der Waals surface area contributed by atoms with Crippen molar-refractivity contribution in [3.05, 3.63) is 72.0 Å². The van der Waals surface area contributed by atoms with Gasteiger partial charge in [0.15, 0.2) is 17.8 Å². The van der Waals surface area contributed by atoms with Gasteiger partial charge in [0.2, 0.25) is 0 Å². The molecule has 26 heavy (non-hydrogen) atoms. The number of carbonyl (C=O) groups is 1. The molecule has 2 aromatic heterocycles. The van der Waals surface area contributed by atoms with Gasteiger partial charge in [0.1, 0.15) is 0 Å². The SMILES string of the molecule is C[C@@H](NC(=O)c1ncoc1-c1ccccc1C(F)(F)F)c1ccncc1. The summed E-state index contributed by atoms with van der Waals surface area (Å²) in [6.45, 7) is 1.75. The van der Waals surface area contributed by atoms with E-state index in [4.69, 9.17) is 4.42 Å². The Morgan fingerprint density at radius 1 is 1.15 bits per heavy atom. The number of hydrogen-bond acceptors (Lipinski definition) is 4. The Kier molecular flexibility index (Phi) is 4.75. The predicted octanol–water partition coefficient (Wildman–Crippen LogP) is 4.25. The number of alkyl halides is 3. The predicted molar refractivity (Wildman–Crippen MR) is 87.1 cm³/mol. The topological polar surface area (TPSA) is 68.0 Å². The van der Waals surface area contributed by atoms with E-state index in [0.717, 1.165) is 18.0 Å². The first-order valence-corrected chi connectivity index (χ1v) is 7.69. The number of carbonyl (C=O) groups excluding carboxylic acids is 1. The lowest BCUT2D eigenvalue weighted by molar-refractivity contribution is -0.137. The molecule has 1 N–H and O–H groups in total. The summed E-state index contributed by atoms with van der Waals surface area (Å²) in [6, 6.07) is 7.96. The van der Waals surface area contributed by atoms with Crippen LogP contribution in [-0.2, 0) is 6.18 Å². The lowest BCUT2D eigenvalue weighted by atomic mass is 10.0. The van der Waals surface area contributed by atoms with Crippen LogP contribution in [0, 0.1) is 0 Å². The Balaban J connectivity index is 1.91. The minimum atomic E-state index is -4.58. The molecule has 3 rings (SSSR count). The molecule has 1 atom stereocenters. The van der Waals surface area contributed by atoms with E-state index in [2.05, 4.69) is 15.3 Å². The summed E-state index contributed by atoms with van der Waals surface area (Å²) in [5.74, 6) is -0.854. The van der Waals surface area contributed by atoms with Crippen molar-refractivity contribution in [3.63, 3.8) is 0 Å². The standard InChI is InChI=1S/C18H14F3N3O2/c1-11(12-6-8-22-9-7-12)24-17(25)15-16(26-10-23-15)13-4-2-3-5-14(13)18(19,20)21/h2-11H,1H3,(H,24,25)/t11-/m1/s1. The Labute approximate surface area is 146 Å². The van der Waals surface area contributed by atoms with Crippen molar-refractivity contribution in [2.24, 2.45) is 0 Å². The molecule has 5 nitrogen and oxygen atoms in total. The third kappa shape index (κ3) is 3.58. The maximum atomic E-state index is 13.2. The smallest absolute Gasteiger partial charge is 0.417 e. The fraction of sp³-hybridized carbons (Fsp3) is 0.167. The van der Waals surface area contributed by atoms with Gasteiger partial charge in [-0.15, -0.1) is 0 Å². The number of rotatable bonds is 4. The number of halogens is 3. The maximum Gasteiger partial charge on any atom is 0.417 e. The summed E-state index contributed by atoms with van der Waals surface area (Å²) in [5, 5.41) is 2.70. The first-order chi connectivity index (χ1) is 12.4. The number of benzene rings is 1. The fourth-order valence-electron chi connectivity index (χ4n) is 2.53. The van der Waals surface area contributed by atoms with Gasteiger partial charge in [0.05, 0.1) is 11.6 Å². The van der Waals surface area contributed by atoms with E-state index >= 15 is 0 Å². The lowest BCUT2D eigenvalue weighted by Crippen LogP contribution is -2.27. The average Bonchev–Trinajstić information content (AvgIpc) is 3.11. The molecule has 8 heteroatoms. The van der Waals surface area contributed by atoms with E-state index < -0.39 is 17.6 Å². The Hall–Kier alpha value is -3.16. The monoisotopic (exact) mass is 361 g/mol. The van der Waals surface area contributed by atoms with Gasteiger partial charge in [0.25, 0.3) is 5.91 Å². The molecule has 0 radical (unpaired) electrons. The number of hydrogen-bond donors (Lipinski definition) is 1. The zero-order valence-electron chi connectivity index (χ0n) is 13.6. The van der Waals surface area contributed by atoms with Gasteiger partial charge in [0, 0.05) is 18.0 Å². The van der Waals surface area contributed by atoms with Gasteiger partial charge < -0.3 is 9.73 Å². The molecule has 0 bridgehead atoms. The molecular formula is C18H14F3N3O2. The van der Waals surface area contributed by atoms with Crippen LogP contribution >= 0.6 is 0 Å². The molecule has 0 aliphatic rings. The van der Waals surface area contributed by atoms with Crippen LogP contribution in [0.3, 0.4) is 0 Å². The summed E-state index contributed by atoms with van der Waals surface area (Å²) in [7, 11) is 0. The number of aromatic nitrogens is 2. The fourth-order valence-corrected chi connectivity index (χ4v) is 2.53. The summed E-state index contributed by atoms with van der Waals surface area (Å²) in [4.78, 5) is 20.2. The molecule has 0 saturated carbocycles. The van der Waals surface area contributed by atoms with Crippen LogP contribution in [0.4, 0.5) is 13.2 Å². The van der Waals surface area contributed by atoms with Crippen LogP contribution in [0.25, 0.3) is 11.3 Å². The summed E-state index contributed by atoms with van der Waals surface area (Å²) >= 11 is 0. The van der Waals surface area contributed by atoms with Crippen LogP contribution in [0.5, 0.6) is 0 Å². The van der Waals surface area contributed by atoms with Gasteiger partial charge in [-0.05, 0) is 30.7 Å². The van der Waals surface area contributed by atoms with Crippen molar-refractivity contribution < 1.29 is 22.4 Å². The average molecular weight is 361 g/mol. The second kappa shape index (κ2) is 6.99. The van der Waals surface area contributed by atoms with Gasteiger partial charge in [-0.3, -0.25) is 9.78 Å². The zero-order valence-corrected chi connectivity index (χ0v) is 13.6. The van der Waals surface area contributed by atoms with Gasteiger partial charge in [-0.2, -0.15) is 13.2 Å². The Morgan fingerprint density at radius 3 is 2.54 bits per heavy atom. The first kappa shape index (κ1) is 17.7. The van der Waals surface area contributed by atoms with Crippen LogP contribution in [0.1, 0.15) is 34.6 Å². The lowest BCUT2D eigenvalue weighted by Gasteiger charge is -2.14. The van der Waals surface area contributed by atoms with E-state index in [0.29, 0.717) is 0 Å². The van der Waals surface area contributed by atoms with E-state index in [-0.39, 0.29) is 23.1 Å². The number of nitrogens with zero attached hydrogens (tertiary/aromatic N) is 2. The van der Waals surface area contributed by atoms with Gasteiger partial charge in [-0.25, -0.2) is 4.98 Å². The Bertz CT molecular complexity index is 907. The van der Waals surface area contributed by atoms with E-state index in [9.17, 15) is 18.0 Å². The van der Waals surface area contributed by atoms with Crippen molar-refractivity contribution in [3.8, 4) is 11.3 Å². The normalized spacial score (nSPS) is 12.6. The molecule has 0 aliphatic carbocycles. The van der Waals surface area contributed by atoms with E-state index in [1.807, 2.05) is 0 Å². The van der Waals surface area contributed by atoms with Crippen molar-refractivity contribution in [2.45, 2.75) is 19.1 Å². The molecule has 1 amide bonds. The molecule has 0 spiro atoms. The second-order valence-corrected chi connectivity index (χ2v) is 5.55. The molecule has 0 fully saturated rings. The Morgan fingerprint density at radius 2 is 1.85 bits per heavy atom. The zero-order chi connectivity index (χ0) is 18.7. The van der Waals surface area contributed by atoms with Crippen LogP contribution in [-0.4, -0.2) is 15.9 Å². The molecule has 0 aliphatic heterocycles. The number of oxazole rings is 1. The quantitative estimate of drug-likeness (QED) is 0.754. The van der Waals surface area contributed by atoms with Gasteiger partial charge >= 0.3 is 6.18 Å². The maximum absolute atomic E-state index is 13.2. The largest absolute Gasteiger partial charge is 0.443 e. The molecule has 134 valence electrons. The molecule has 0 unspecified atom stereocenters. The highest BCUT2D eigenvalue weighted by Crippen LogP contribution is 2.38.